The number of hydrogen-bond acceptors (Lipinski definition) is 4. The van der Waals surface area contributed by atoms with Crippen molar-refractivity contribution in [3.63, 3.8) is 0 Å². The molecule has 2 rings (SSSR count). The van der Waals surface area contributed by atoms with Gasteiger partial charge in [0.1, 0.15) is 6.10 Å². The lowest BCUT2D eigenvalue weighted by Gasteiger charge is -2.08. The quantitative estimate of drug-likeness (QED) is 0.829. The van der Waals surface area contributed by atoms with Gasteiger partial charge in [0.2, 0.25) is 0 Å². The third-order valence-electron chi connectivity index (χ3n) is 2.43. The highest BCUT2D eigenvalue weighted by atomic mass is 16.3. The van der Waals surface area contributed by atoms with E-state index in [9.17, 15) is 5.11 Å². The van der Waals surface area contributed by atoms with Gasteiger partial charge in [-0.3, -0.25) is 14.6 Å². The van der Waals surface area contributed by atoms with E-state index in [0.717, 1.165) is 17.7 Å². The minimum Gasteiger partial charge on any atom is -0.382 e. The van der Waals surface area contributed by atoms with E-state index in [1.807, 2.05) is 20.2 Å². The second-order valence-electron chi connectivity index (χ2n) is 3.59. The highest BCUT2D eigenvalue weighted by Gasteiger charge is 2.18. The molecule has 84 valence electrons. The van der Waals surface area contributed by atoms with E-state index >= 15 is 0 Å². The van der Waals surface area contributed by atoms with Gasteiger partial charge in [-0.05, 0) is 6.42 Å². The summed E-state index contributed by atoms with van der Waals surface area (Å²) < 4.78 is 1.70. The zero-order valence-electron chi connectivity index (χ0n) is 9.33. The van der Waals surface area contributed by atoms with Crippen molar-refractivity contribution in [3.05, 3.63) is 41.7 Å². The number of nitrogens with zero attached hydrogens (tertiary/aromatic N) is 4. The van der Waals surface area contributed by atoms with Crippen LogP contribution in [0.1, 0.15) is 30.0 Å². The van der Waals surface area contributed by atoms with Crippen LogP contribution in [-0.4, -0.2) is 24.9 Å². The molecule has 5 heteroatoms. The maximum Gasteiger partial charge on any atom is 0.126 e. The predicted octanol–water partition coefficient (Wildman–Crippen LogP) is 0.854. The van der Waals surface area contributed by atoms with Crippen LogP contribution in [-0.2, 0) is 13.5 Å². The van der Waals surface area contributed by atoms with Gasteiger partial charge in [-0.1, -0.05) is 6.92 Å². The van der Waals surface area contributed by atoms with Gasteiger partial charge in [-0.2, -0.15) is 5.10 Å². The van der Waals surface area contributed by atoms with E-state index in [2.05, 4.69) is 15.1 Å². The predicted molar refractivity (Wildman–Crippen MR) is 58.7 cm³/mol. The SMILES string of the molecule is CCc1nn(C)cc1C(O)c1cnccn1. The summed E-state index contributed by atoms with van der Waals surface area (Å²) in [5, 5.41) is 14.4. The zero-order valence-corrected chi connectivity index (χ0v) is 9.33. The third-order valence-corrected chi connectivity index (χ3v) is 2.43. The number of hydrogen-bond donors (Lipinski definition) is 1. The molecule has 1 unspecified atom stereocenters. The molecule has 0 aromatic carbocycles. The second kappa shape index (κ2) is 4.40. The highest BCUT2D eigenvalue weighted by Crippen LogP contribution is 2.22. The topological polar surface area (TPSA) is 63.8 Å². The lowest BCUT2D eigenvalue weighted by atomic mass is 10.1. The van der Waals surface area contributed by atoms with Crippen molar-refractivity contribution >= 4 is 0 Å². The summed E-state index contributed by atoms with van der Waals surface area (Å²) in [5.41, 5.74) is 2.23. The number of aromatic nitrogens is 4. The molecule has 0 saturated heterocycles. The number of aryl methyl sites for hydroxylation is 2. The van der Waals surface area contributed by atoms with Crippen molar-refractivity contribution in [2.45, 2.75) is 19.4 Å². The lowest BCUT2D eigenvalue weighted by Crippen LogP contribution is -2.04. The van der Waals surface area contributed by atoms with E-state index < -0.39 is 6.10 Å². The van der Waals surface area contributed by atoms with Crippen LogP contribution in [0.4, 0.5) is 0 Å². The fourth-order valence-electron chi connectivity index (χ4n) is 1.67. The molecule has 2 aromatic heterocycles. The van der Waals surface area contributed by atoms with Gasteiger partial charge >= 0.3 is 0 Å². The minimum atomic E-state index is -0.752. The second-order valence-corrected chi connectivity index (χ2v) is 3.59. The molecule has 2 heterocycles. The van der Waals surface area contributed by atoms with E-state index in [0.29, 0.717) is 5.69 Å². The summed E-state index contributed by atoms with van der Waals surface area (Å²) in [6.07, 6.45) is 6.57. The van der Waals surface area contributed by atoms with Gasteiger partial charge in [0.15, 0.2) is 0 Å². The van der Waals surface area contributed by atoms with Crippen LogP contribution in [0.5, 0.6) is 0 Å². The third kappa shape index (κ3) is 1.94. The molecule has 0 fully saturated rings. The van der Waals surface area contributed by atoms with E-state index in [-0.39, 0.29) is 0 Å². The van der Waals surface area contributed by atoms with Gasteiger partial charge in [-0.25, -0.2) is 0 Å². The van der Waals surface area contributed by atoms with Gasteiger partial charge in [0.05, 0.1) is 17.6 Å². The Kier molecular flexibility index (Phi) is 2.96. The molecule has 0 aliphatic carbocycles. The van der Waals surface area contributed by atoms with Crippen molar-refractivity contribution in [1.82, 2.24) is 19.7 Å². The number of aliphatic hydroxyl groups excluding tert-OH is 1. The standard InChI is InChI=1S/C11H14N4O/c1-3-9-8(7-15(2)14-9)11(16)10-6-12-4-5-13-10/h4-7,11,16H,3H2,1-2H3. The Morgan fingerprint density at radius 1 is 1.44 bits per heavy atom. The van der Waals surface area contributed by atoms with Crippen LogP contribution in [0.3, 0.4) is 0 Å². The largest absolute Gasteiger partial charge is 0.382 e. The summed E-state index contributed by atoms with van der Waals surface area (Å²) in [4.78, 5) is 8.03. The average molecular weight is 218 g/mol. The van der Waals surface area contributed by atoms with Gasteiger partial charge < -0.3 is 5.11 Å². The van der Waals surface area contributed by atoms with Crippen molar-refractivity contribution in [2.75, 3.05) is 0 Å². The first kappa shape index (κ1) is 10.8. The first-order valence-electron chi connectivity index (χ1n) is 5.18. The van der Waals surface area contributed by atoms with Crippen LogP contribution >= 0.6 is 0 Å². The summed E-state index contributed by atoms with van der Waals surface area (Å²) in [6.45, 7) is 2.01. The Hall–Kier alpha value is -1.75. The van der Waals surface area contributed by atoms with Crippen LogP contribution in [0.15, 0.2) is 24.8 Å². The molecule has 16 heavy (non-hydrogen) atoms. The molecule has 0 saturated carbocycles. The monoisotopic (exact) mass is 218 g/mol. The Morgan fingerprint density at radius 3 is 2.88 bits per heavy atom. The summed E-state index contributed by atoms with van der Waals surface area (Å²) in [7, 11) is 1.84. The van der Waals surface area contributed by atoms with Gasteiger partial charge in [0, 0.05) is 31.2 Å². The molecule has 0 radical (unpaired) electrons. The molecule has 0 spiro atoms. The minimum absolute atomic E-state index is 0.546. The van der Waals surface area contributed by atoms with Crippen LogP contribution < -0.4 is 0 Å². The Labute approximate surface area is 93.8 Å². The van der Waals surface area contributed by atoms with Crippen LogP contribution in [0, 0.1) is 0 Å². The van der Waals surface area contributed by atoms with E-state index in [1.165, 1.54) is 0 Å². The Balaban J connectivity index is 2.37. The van der Waals surface area contributed by atoms with Crippen molar-refractivity contribution in [1.29, 1.82) is 0 Å². The summed E-state index contributed by atoms with van der Waals surface area (Å²) >= 11 is 0. The fourth-order valence-corrected chi connectivity index (χ4v) is 1.67. The summed E-state index contributed by atoms with van der Waals surface area (Å²) in [5.74, 6) is 0. The fraction of sp³-hybridized carbons (Fsp3) is 0.364. The van der Waals surface area contributed by atoms with Crippen molar-refractivity contribution < 1.29 is 5.11 Å². The zero-order chi connectivity index (χ0) is 11.5. The molecular weight excluding hydrogens is 204 g/mol. The van der Waals surface area contributed by atoms with Gasteiger partial charge in [0.25, 0.3) is 0 Å². The summed E-state index contributed by atoms with van der Waals surface area (Å²) in [6, 6.07) is 0. The van der Waals surface area contributed by atoms with E-state index in [1.54, 1.807) is 23.3 Å². The Morgan fingerprint density at radius 2 is 2.25 bits per heavy atom. The van der Waals surface area contributed by atoms with Gasteiger partial charge in [-0.15, -0.1) is 0 Å². The first-order valence-corrected chi connectivity index (χ1v) is 5.18. The lowest BCUT2D eigenvalue weighted by molar-refractivity contribution is 0.213. The maximum absolute atomic E-state index is 10.2. The molecular formula is C11H14N4O. The van der Waals surface area contributed by atoms with E-state index in [4.69, 9.17) is 0 Å². The molecule has 0 aliphatic heterocycles. The normalized spacial score (nSPS) is 12.7. The average Bonchev–Trinajstić information content (AvgIpc) is 2.70. The van der Waals surface area contributed by atoms with Crippen molar-refractivity contribution in [3.8, 4) is 0 Å². The smallest absolute Gasteiger partial charge is 0.126 e. The maximum atomic E-state index is 10.2. The number of rotatable bonds is 3. The number of aliphatic hydroxyl groups is 1. The molecule has 5 nitrogen and oxygen atoms in total. The molecule has 1 atom stereocenters. The molecule has 0 aliphatic rings. The van der Waals surface area contributed by atoms with Crippen molar-refractivity contribution in [2.24, 2.45) is 7.05 Å². The molecule has 2 aromatic rings. The highest BCUT2D eigenvalue weighted by molar-refractivity contribution is 5.26. The molecule has 0 bridgehead atoms. The molecule has 0 amide bonds. The van der Waals surface area contributed by atoms with Crippen LogP contribution in [0.2, 0.25) is 0 Å². The molecule has 1 N–H and O–H groups in total. The first-order chi connectivity index (χ1) is 7.72. The Bertz CT molecular complexity index is 466. The van der Waals surface area contributed by atoms with Crippen LogP contribution in [0.25, 0.3) is 0 Å².